The van der Waals surface area contributed by atoms with E-state index in [2.05, 4.69) is 41.4 Å². The van der Waals surface area contributed by atoms with Crippen LogP contribution >= 0.6 is 0 Å². The molecule has 0 spiro atoms. The second-order valence-corrected chi connectivity index (χ2v) is 7.38. The third kappa shape index (κ3) is 7.04. The van der Waals surface area contributed by atoms with Gasteiger partial charge in [-0.1, -0.05) is 20.8 Å². The highest BCUT2D eigenvalue weighted by molar-refractivity contribution is 5.79. The Hall–Kier alpha value is -1.60. The van der Waals surface area contributed by atoms with Gasteiger partial charge in [-0.3, -0.25) is 4.99 Å². The molecule has 1 unspecified atom stereocenters. The number of oxazole rings is 1. The van der Waals surface area contributed by atoms with Crippen molar-refractivity contribution in [3.8, 4) is 0 Å². The number of aliphatic imine (C=N–C) groups is 1. The first kappa shape index (κ1) is 19.7. The Bertz CT molecular complexity index is 531. The molecule has 1 aromatic heterocycles. The lowest BCUT2D eigenvalue weighted by molar-refractivity contribution is 0.0888. The van der Waals surface area contributed by atoms with Gasteiger partial charge in [-0.05, 0) is 12.8 Å². The van der Waals surface area contributed by atoms with Gasteiger partial charge >= 0.3 is 0 Å². The average Bonchev–Trinajstić information content (AvgIpc) is 3.24. The number of ether oxygens (including phenoxy) is 2. The molecule has 1 aromatic rings. The first-order valence-corrected chi connectivity index (χ1v) is 9.04. The standard InChI is InChI=1S/C18H32N4O3/c1-18(2,3)15-10-21-16(25-15)11-22-17(19-4)20-7-5-8-23-12-14-6-9-24-13-14/h10,14H,5-9,11-13H2,1-4H3,(H2,19,20,22). The zero-order chi connectivity index (χ0) is 18.1. The normalized spacial score (nSPS) is 18.6. The van der Waals surface area contributed by atoms with Crippen molar-refractivity contribution < 1.29 is 13.9 Å². The summed E-state index contributed by atoms with van der Waals surface area (Å²) in [7, 11) is 1.75. The lowest BCUT2D eigenvalue weighted by atomic mass is 9.94. The highest BCUT2D eigenvalue weighted by Gasteiger charge is 2.19. The summed E-state index contributed by atoms with van der Waals surface area (Å²) in [4.78, 5) is 8.51. The van der Waals surface area contributed by atoms with Crippen molar-refractivity contribution in [1.82, 2.24) is 15.6 Å². The molecule has 1 aliphatic heterocycles. The molecule has 0 aliphatic carbocycles. The maximum absolute atomic E-state index is 5.76. The van der Waals surface area contributed by atoms with Gasteiger partial charge in [-0.25, -0.2) is 4.98 Å². The molecule has 0 amide bonds. The average molecular weight is 352 g/mol. The Morgan fingerprint density at radius 2 is 2.24 bits per heavy atom. The Balaban J connectivity index is 1.58. The van der Waals surface area contributed by atoms with E-state index in [9.17, 15) is 0 Å². The number of aromatic nitrogens is 1. The van der Waals surface area contributed by atoms with Crippen LogP contribution in [0.3, 0.4) is 0 Å². The first-order valence-electron chi connectivity index (χ1n) is 9.04. The van der Waals surface area contributed by atoms with Gasteiger partial charge in [0.25, 0.3) is 0 Å². The molecule has 1 fully saturated rings. The highest BCUT2D eigenvalue weighted by atomic mass is 16.5. The Kier molecular flexibility index (Phi) is 7.71. The summed E-state index contributed by atoms with van der Waals surface area (Å²) in [6.07, 6.45) is 3.84. The summed E-state index contributed by atoms with van der Waals surface area (Å²) in [5.41, 5.74) is -0.0319. The monoisotopic (exact) mass is 352 g/mol. The van der Waals surface area contributed by atoms with Crippen LogP contribution in [0, 0.1) is 5.92 Å². The molecule has 142 valence electrons. The van der Waals surface area contributed by atoms with Gasteiger partial charge in [-0.2, -0.15) is 0 Å². The van der Waals surface area contributed by atoms with Crippen LogP contribution in [0.4, 0.5) is 0 Å². The van der Waals surface area contributed by atoms with Crippen LogP contribution in [0.1, 0.15) is 45.3 Å². The fourth-order valence-corrected chi connectivity index (χ4v) is 2.46. The molecule has 2 heterocycles. The summed E-state index contributed by atoms with van der Waals surface area (Å²) in [6, 6.07) is 0. The zero-order valence-electron chi connectivity index (χ0n) is 15.9. The smallest absolute Gasteiger partial charge is 0.213 e. The van der Waals surface area contributed by atoms with E-state index in [4.69, 9.17) is 13.9 Å². The van der Waals surface area contributed by atoms with Crippen molar-refractivity contribution in [3.05, 3.63) is 17.8 Å². The van der Waals surface area contributed by atoms with Crippen LogP contribution in [0.2, 0.25) is 0 Å². The summed E-state index contributed by atoms with van der Waals surface area (Å²) in [5, 5.41) is 6.48. The summed E-state index contributed by atoms with van der Waals surface area (Å²) >= 11 is 0. The number of rotatable bonds is 8. The number of nitrogens with zero attached hydrogens (tertiary/aromatic N) is 2. The van der Waals surface area contributed by atoms with Crippen LogP contribution in [0.25, 0.3) is 0 Å². The quantitative estimate of drug-likeness (QED) is 0.424. The SMILES string of the molecule is CN=C(NCCCOCC1CCOC1)NCc1ncc(C(C)(C)C)o1. The van der Waals surface area contributed by atoms with Gasteiger partial charge in [0, 0.05) is 38.1 Å². The lowest BCUT2D eigenvalue weighted by Crippen LogP contribution is -2.37. The van der Waals surface area contributed by atoms with Gasteiger partial charge < -0.3 is 24.5 Å². The third-order valence-electron chi connectivity index (χ3n) is 4.06. The van der Waals surface area contributed by atoms with Crippen molar-refractivity contribution in [2.24, 2.45) is 10.9 Å². The van der Waals surface area contributed by atoms with Crippen LogP contribution in [-0.4, -0.2) is 51.0 Å². The van der Waals surface area contributed by atoms with Gasteiger partial charge in [0.2, 0.25) is 5.89 Å². The fourth-order valence-electron chi connectivity index (χ4n) is 2.46. The minimum atomic E-state index is -0.0319. The molecule has 1 saturated heterocycles. The Morgan fingerprint density at radius 3 is 2.88 bits per heavy atom. The lowest BCUT2D eigenvalue weighted by Gasteiger charge is -2.13. The number of nitrogens with one attached hydrogen (secondary N) is 2. The van der Waals surface area contributed by atoms with Gasteiger partial charge in [0.05, 0.1) is 26.0 Å². The largest absolute Gasteiger partial charge is 0.443 e. The number of hydrogen-bond donors (Lipinski definition) is 2. The molecular weight excluding hydrogens is 320 g/mol. The van der Waals surface area contributed by atoms with Crippen LogP contribution < -0.4 is 10.6 Å². The molecule has 7 nitrogen and oxygen atoms in total. The molecule has 25 heavy (non-hydrogen) atoms. The second-order valence-electron chi connectivity index (χ2n) is 7.38. The van der Waals surface area contributed by atoms with E-state index in [1.165, 1.54) is 0 Å². The van der Waals surface area contributed by atoms with Crippen LogP contribution in [-0.2, 0) is 21.4 Å². The number of guanidine groups is 1. The molecule has 1 atom stereocenters. The van der Waals surface area contributed by atoms with Crippen molar-refractivity contribution >= 4 is 5.96 Å². The summed E-state index contributed by atoms with van der Waals surface area (Å²) in [6.45, 7) is 10.9. The Labute approximate surface area is 150 Å². The van der Waals surface area contributed by atoms with Gasteiger partial charge in [-0.15, -0.1) is 0 Å². The van der Waals surface area contributed by atoms with Crippen LogP contribution in [0.15, 0.2) is 15.6 Å². The minimum Gasteiger partial charge on any atom is -0.443 e. The summed E-state index contributed by atoms with van der Waals surface area (Å²) < 4.78 is 16.8. The van der Waals surface area contributed by atoms with E-state index < -0.39 is 0 Å². The maximum Gasteiger partial charge on any atom is 0.213 e. The van der Waals surface area contributed by atoms with E-state index >= 15 is 0 Å². The minimum absolute atomic E-state index is 0.0319. The van der Waals surface area contributed by atoms with E-state index in [1.54, 1.807) is 13.2 Å². The van der Waals surface area contributed by atoms with Crippen molar-refractivity contribution in [2.45, 2.75) is 45.6 Å². The van der Waals surface area contributed by atoms with Crippen molar-refractivity contribution in [3.63, 3.8) is 0 Å². The number of hydrogen-bond acceptors (Lipinski definition) is 5. The molecule has 0 aromatic carbocycles. The molecule has 0 saturated carbocycles. The van der Waals surface area contributed by atoms with E-state index in [0.717, 1.165) is 57.5 Å². The molecular formula is C18H32N4O3. The van der Waals surface area contributed by atoms with Crippen LogP contribution in [0.5, 0.6) is 0 Å². The molecule has 7 heteroatoms. The highest BCUT2D eigenvalue weighted by Crippen LogP contribution is 2.22. The van der Waals surface area contributed by atoms with Gasteiger partial charge in [0.1, 0.15) is 5.76 Å². The van der Waals surface area contributed by atoms with E-state index in [0.29, 0.717) is 18.4 Å². The predicted octanol–water partition coefficient (Wildman–Crippen LogP) is 2.08. The summed E-state index contributed by atoms with van der Waals surface area (Å²) in [5.74, 6) is 2.85. The molecule has 1 aliphatic rings. The fraction of sp³-hybridized carbons (Fsp3) is 0.778. The van der Waals surface area contributed by atoms with E-state index in [1.807, 2.05) is 0 Å². The zero-order valence-corrected chi connectivity index (χ0v) is 15.9. The van der Waals surface area contributed by atoms with E-state index in [-0.39, 0.29) is 5.41 Å². The first-order chi connectivity index (χ1) is 12.0. The molecule has 2 rings (SSSR count). The predicted molar refractivity (Wildman–Crippen MR) is 97.8 cm³/mol. The Morgan fingerprint density at radius 1 is 1.40 bits per heavy atom. The molecule has 2 N–H and O–H groups in total. The van der Waals surface area contributed by atoms with Crippen molar-refractivity contribution in [1.29, 1.82) is 0 Å². The maximum atomic E-state index is 5.76. The third-order valence-corrected chi connectivity index (χ3v) is 4.06. The second kappa shape index (κ2) is 9.77. The topological polar surface area (TPSA) is 80.9 Å². The van der Waals surface area contributed by atoms with Gasteiger partial charge in [0.15, 0.2) is 5.96 Å². The molecule has 0 radical (unpaired) electrons. The molecule has 0 bridgehead atoms. The van der Waals surface area contributed by atoms with Crippen molar-refractivity contribution in [2.75, 3.05) is 40.0 Å².